The lowest BCUT2D eigenvalue weighted by Crippen LogP contribution is -2.21. The predicted molar refractivity (Wildman–Crippen MR) is 62.8 cm³/mol. The molecule has 0 aliphatic carbocycles. The topological polar surface area (TPSA) is 67.6 Å². The van der Waals surface area contributed by atoms with Gasteiger partial charge in [-0.25, -0.2) is 9.37 Å². The molecule has 17 heavy (non-hydrogen) atoms. The maximum atomic E-state index is 12.9. The van der Waals surface area contributed by atoms with Gasteiger partial charge in [0.15, 0.2) is 5.82 Å². The minimum absolute atomic E-state index is 0.248. The van der Waals surface area contributed by atoms with Crippen LogP contribution in [0.15, 0.2) is 24.3 Å². The number of nitrogens with one attached hydrogen (secondary N) is 1. The molecule has 1 aromatic carbocycles. The van der Waals surface area contributed by atoms with Crippen LogP contribution >= 0.6 is 0 Å². The zero-order valence-electron chi connectivity index (χ0n) is 9.87. The van der Waals surface area contributed by atoms with Gasteiger partial charge in [0.1, 0.15) is 11.6 Å². The number of hydrogen-bond acceptors (Lipinski definition) is 3. The second-order valence-electron chi connectivity index (χ2n) is 4.44. The van der Waals surface area contributed by atoms with Gasteiger partial charge in [-0.2, -0.15) is 5.10 Å². The number of nitrogens with two attached hydrogens (primary N) is 1. The van der Waals surface area contributed by atoms with Gasteiger partial charge in [-0.05, 0) is 31.5 Å². The normalized spacial score (nSPS) is 11.8. The van der Waals surface area contributed by atoms with Gasteiger partial charge >= 0.3 is 0 Å². The molecule has 0 amide bonds. The Hall–Kier alpha value is -1.75. The highest BCUT2D eigenvalue weighted by Gasteiger charge is 2.27. The van der Waals surface area contributed by atoms with Gasteiger partial charge < -0.3 is 5.73 Å². The van der Waals surface area contributed by atoms with E-state index in [1.54, 1.807) is 12.1 Å². The van der Waals surface area contributed by atoms with Crippen molar-refractivity contribution in [3.8, 4) is 0 Å². The first-order chi connectivity index (χ1) is 8.04. The number of H-pyrrole nitrogens is 1. The van der Waals surface area contributed by atoms with Crippen molar-refractivity contribution in [3.63, 3.8) is 0 Å². The van der Waals surface area contributed by atoms with Gasteiger partial charge in [0.05, 0.1) is 12.0 Å². The van der Waals surface area contributed by atoms with E-state index in [1.165, 1.54) is 12.1 Å². The zero-order chi connectivity index (χ0) is 12.5. The highest BCUT2D eigenvalue weighted by Crippen LogP contribution is 2.28. The van der Waals surface area contributed by atoms with Gasteiger partial charge in [-0.3, -0.25) is 5.10 Å². The minimum atomic E-state index is -0.377. The summed E-state index contributed by atoms with van der Waals surface area (Å²) in [5.41, 5.74) is 6.06. The Kier molecular flexibility index (Phi) is 2.93. The molecule has 3 N–H and O–H groups in total. The molecule has 0 radical (unpaired) electrons. The Morgan fingerprint density at radius 1 is 1.29 bits per heavy atom. The molecule has 0 aliphatic heterocycles. The molecule has 0 unspecified atom stereocenters. The maximum absolute atomic E-state index is 12.9. The van der Waals surface area contributed by atoms with Crippen molar-refractivity contribution in [1.82, 2.24) is 15.2 Å². The molecule has 1 heterocycles. The van der Waals surface area contributed by atoms with Gasteiger partial charge in [0.25, 0.3) is 0 Å². The predicted octanol–water partition coefficient (Wildman–Crippen LogP) is 1.73. The Bertz CT molecular complexity index is 501. The van der Waals surface area contributed by atoms with Crippen LogP contribution < -0.4 is 5.73 Å². The molecule has 4 nitrogen and oxygen atoms in total. The van der Waals surface area contributed by atoms with Crippen LogP contribution in [-0.4, -0.2) is 15.2 Å². The van der Waals surface area contributed by atoms with Crippen molar-refractivity contribution >= 4 is 0 Å². The molecule has 0 fully saturated rings. The summed E-state index contributed by atoms with van der Waals surface area (Å²) in [6, 6.07) is 6.36. The number of hydrogen-bond donors (Lipinski definition) is 2. The van der Waals surface area contributed by atoms with E-state index in [0.717, 1.165) is 5.56 Å². The average Bonchev–Trinajstić information content (AvgIpc) is 2.78. The molecule has 0 spiro atoms. The van der Waals surface area contributed by atoms with Crippen LogP contribution in [0.2, 0.25) is 0 Å². The van der Waals surface area contributed by atoms with Crippen molar-refractivity contribution in [2.24, 2.45) is 5.73 Å². The van der Waals surface area contributed by atoms with Crippen molar-refractivity contribution in [2.45, 2.75) is 25.8 Å². The van der Waals surface area contributed by atoms with Gasteiger partial charge in [-0.1, -0.05) is 12.1 Å². The molecular weight excluding hydrogens is 219 g/mol. The van der Waals surface area contributed by atoms with Crippen molar-refractivity contribution < 1.29 is 4.39 Å². The summed E-state index contributed by atoms with van der Waals surface area (Å²) in [5, 5.41) is 6.93. The summed E-state index contributed by atoms with van der Waals surface area (Å²) in [4.78, 5) is 4.31. The quantitative estimate of drug-likeness (QED) is 0.849. The van der Waals surface area contributed by atoms with Gasteiger partial charge in [0, 0.05) is 0 Å². The molecule has 0 bridgehead atoms. The lowest BCUT2D eigenvalue weighted by Gasteiger charge is -2.21. The number of nitrogens with zero attached hydrogens (tertiary/aromatic N) is 2. The molecule has 90 valence electrons. The van der Waals surface area contributed by atoms with Crippen molar-refractivity contribution in [1.29, 1.82) is 0 Å². The Morgan fingerprint density at radius 2 is 1.94 bits per heavy atom. The number of rotatable bonds is 3. The minimum Gasteiger partial charge on any atom is -0.324 e. The van der Waals surface area contributed by atoms with E-state index in [4.69, 9.17) is 5.73 Å². The molecule has 2 rings (SSSR count). The van der Waals surface area contributed by atoms with E-state index < -0.39 is 0 Å². The van der Waals surface area contributed by atoms with E-state index in [0.29, 0.717) is 18.2 Å². The Labute approximate surface area is 99.1 Å². The van der Waals surface area contributed by atoms with E-state index >= 15 is 0 Å². The second kappa shape index (κ2) is 4.25. The first-order valence-electron chi connectivity index (χ1n) is 5.42. The van der Waals surface area contributed by atoms with Crippen LogP contribution in [0.4, 0.5) is 4.39 Å². The standard InChI is InChI=1S/C12H15FN4/c1-12(2,8-3-5-9(13)6-4-8)11-15-10(7-14)16-17-11/h3-6H,7,14H2,1-2H3,(H,15,16,17). The number of benzene rings is 1. The fraction of sp³-hybridized carbons (Fsp3) is 0.333. The molecule has 0 saturated carbocycles. The summed E-state index contributed by atoms with van der Waals surface area (Å²) in [7, 11) is 0. The van der Waals surface area contributed by atoms with E-state index in [2.05, 4.69) is 15.2 Å². The highest BCUT2D eigenvalue weighted by atomic mass is 19.1. The molecule has 5 heteroatoms. The molecule has 0 atom stereocenters. The lowest BCUT2D eigenvalue weighted by molar-refractivity contribution is 0.585. The smallest absolute Gasteiger partial charge is 0.160 e. The largest absolute Gasteiger partial charge is 0.324 e. The first-order valence-corrected chi connectivity index (χ1v) is 5.42. The zero-order valence-corrected chi connectivity index (χ0v) is 9.87. The van der Waals surface area contributed by atoms with E-state index in [1.807, 2.05) is 13.8 Å². The third-order valence-electron chi connectivity index (χ3n) is 2.85. The fourth-order valence-electron chi connectivity index (χ4n) is 1.66. The Balaban J connectivity index is 2.37. The SMILES string of the molecule is CC(C)(c1ccc(F)cc1)c1n[nH]c(CN)n1. The van der Waals surface area contributed by atoms with Crippen LogP contribution in [-0.2, 0) is 12.0 Å². The van der Waals surface area contributed by atoms with E-state index in [-0.39, 0.29) is 11.2 Å². The summed E-state index contributed by atoms with van der Waals surface area (Å²) >= 11 is 0. The van der Waals surface area contributed by atoms with Crippen LogP contribution in [0.5, 0.6) is 0 Å². The van der Waals surface area contributed by atoms with Crippen LogP contribution in [0.3, 0.4) is 0 Å². The van der Waals surface area contributed by atoms with Gasteiger partial charge in [-0.15, -0.1) is 0 Å². The Morgan fingerprint density at radius 3 is 2.47 bits per heavy atom. The van der Waals surface area contributed by atoms with Crippen LogP contribution in [0.1, 0.15) is 31.1 Å². The molecule has 0 saturated heterocycles. The number of halogens is 1. The third-order valence-corrected chi connectivity index (χ3v) is 2.85. The highest BCUT2D eigenvalue weighted by molar-refractivity contribution is 5.30. The summed E-state index contributed by atoms with van der Waals surface area (Å²) in [5.74, 6) is 1.06. The van der Waals surface area contributed by atoms with Gasteiger partial charge in [0.2, 0.25) is 0 Å². The third kappa shape index (κ3) is 2.19. The summed E-state index contributed by atoms with van der Waals surface area (Å²) in [6.45, 7) is 4.31. The van der Waals surface area contributed by atoms with Crippen LogP contribution in [0.25, 0.3) is 0 Å². The fourth-order valence-corrected chi connectivity index (χ4v) is 1.66. The van der Waals surface area contributed by atoms with Crippen molar-refractivity contribution in [2.75, 3.05) is 0 Å². The first kappa shape index (κ1) is 11.7. The van der Waals surface area contributed by atoms with Crippen molar-refractivity contribution in [3.05, 3.63) is 47.3 Å². The molecular formula is C12H15FN4. The van der Waals surface area contributed by atoms with Crippen LogP contribution in [0, 0.1) is 5.82 Å². The van der Waals surface area contributed by atoms with E-state index in [9.17, 15) is 4.39 Å². The number of aromatic amines is 1. The second-order valence-corrected chi connectivity index (χ2v) is 4.44. The average molecular weight is 234 g/mol. The monoisotopic (exact) mass is 234 g/mol. The molecule has 1 aromatic heterocycles. The molecule has 0 aliphatic rings. The summed E-state index contributed by atoms with van der Waals surface area (Å²) < 4.78 is 12.9. The summed E-state index contributed by atoms with van der Waals surface area (Å²) in [6.07, 6.45) is 0. The maximum Gasteiger partial charge on any atom is 0.160 e. The number of aromatic nitrogens is 3. The molecule has 2 aromatic rings. The lowest BCUT2D eigenvalue weighted by atomic mass is 9.84.